The molecule has 0 N–H and O–H groups in total. The fourth-order valence-electron chi connectivity index (χ4n) is 4.08. The molecule has 0 aromatic heterocycles. The number of nitrogens with zero attached hydrogens (tertiary/aromatic N) is 7. The maximum atomic E-state index is 5.91. The van der Waals surface area contributed by atoms with Gasteiger partial charge in [-0.3, -0.25) is 4.90 Å². The van der Waals surface area contributed by atoms with Gasteiger partial charge in [0.15, 0.2) is 7.51 Å². The third-order valence-corrected chi connectivity index (χ3v) is 12.5. The third-order valence-electron chi connectivity index (χ3n) is 5.65. The molecule has 30 heavy (non-hydrogen) atoms. The SMILES string of the molecule is CCO[Si](CCCN=NN=P12N(C)CCN(CCN1C)CCN2C)(OCC)OCC. The lowest BCUT2D eigenvalue weighted by atomic mass is 10.4. The van der Waals surface area contributed by atoms with Crippen LogP contribution in [0, 0.1) is 0 Å². The van der Waals surface area contributed by atoms with Crippen LogP contribution in [0.3, 0.4) is 0 Å². The Labute approximate surface area is 184 Å². The lowest BCUT2D eigenvalue weighted by molar-refractivity contribution is 0.0709. The molecule has 3 rings (SSSR count). The van der Waals surface area contributed by atoms with Crippen molar-refractivity contribution in [1.82, 2.24) is 18.9 Å². The minimum absolute atomic E-state index is 0.594. The monoisotopic (exact) mass is 463 g/mol. The Hall–Kier alpha value is -0.233. The van der Waals surface area contributed by atoms with Crippen LogP contribution in [0.4, 0.5) is 0 Å². The van der Waals surface area contributed by atoms with Crippen molar-refractivity contribution in [1.29, 1.82) is 0 Å². The minimum Gasteiger partial charge on any atom is -0.374 e. The topological polar surface area (TPSA) is 77.7 Å². The van der Waals surface area contributed by atoms with Gasteiger partial charge in [0, 0.05) is 65.1 Å². The molecule has 12 heteroatoms. The van der Waals surface area contributed by atoms with Gasteiger partial charge in [0.1, 0.15) is 0 Å². The summed E-state index contributed by atoms with van der Waals surface area (Å²) >= 11 is 0. The smallest absolute Gasteiger partial charge is 0.374 e. The van der Waals surface area contributed by atoms with Crippen LogP contribution >= 0.6 is 7.51 Å². The maximum absolute atomic E-state index is 5.91. The van der Waals surface area contributed by atoms with Crippen molar-refractivity contribution in [2.24, 2.45) is 15.2 Å². The summed E-state index contributed by atoms with van der Waals surface area (Å²) in [6, 6.07) is 0.747. The van der Waals surface area contributed by atoms with E-state index in [2.05, 4.69) is 50.4 Å². The number of rotatable bonds is 11. The Balaban J connectivity index is 2.06. The molecule has 0 aromatic carbocycles. The molecule has 0 amide bonds. The predicted molar refractivity (Wildman–Crippen MR) is 123 cm³/mol. The van der Waals surface area contributed by atoms with E-state index in [1.807, 2.05) is 20.8 Å². The van der Waals surface area contributed by atoms with Gasteiger partial charge in [-0.25, -0.2) is 14.0 Å². The average Bonchev–Trinajstić information content (AvgIpc) is 2.71. The first-order valence-electron chi connectivity index (χ1n) is 11.2. The third kappa shape index (κ3) is 6.40. The van der Waals surface area contributed by atoms with Crippen LogP contribution in [0.2, 0.25) is 6.04 Å². The zero-order chi connectivity index (χ0) is 22.0. The molecular formula is C18H42N7O3PSi. The summed E-state index contributed by atoms with van der Waals surface area (Å²) in [5, 5.41) is 8.74. The standard InChI is InChI=1S/C18H42N7O3PSi/c1-7-26-30(27-8-2,28-9-3)18-10-11-19-20-21-29-22(4)12-15-25(16-13-23(29)5)17-14-24(29)6/h7-18H2,1-6H3. The second-order valence-corrected chi connectivity index (χ2v) is 13.7. The summed E-state index contributed by atoms with van der Waals surface area (Å²) in [6.07, 6.45) is 0.813. The molecule has 3 aliphatic rings. The van der Waals surface area contributed by atoms with E-state index in [1.54, 1.807) is 0 Å². The Bertz CT molecular complexity index is 538. The summed E-state index contributed by atoms with van der Waals surface area (Å²) in [4.78, 5) is 7.39. The Morgan fingerprint density at radius 2 is 1.23 bits per heavy atom. The summed E-state index contributed by atoms with van der Waals surface area (Å²) in [5.41, 5.74) is 0. The van der Waals surface area contributed by atoms with Crippen molar-refractivity contribution >= 4 is 16.3 Å². The maximum Gasteiger partial charge on any atom is 0.500 e. The molecule has 10 nitrogen and oxygen atoms in total. The predicted octanol–water partition coefficient (Wildman–Crippen LogP) is 2.86. The van der Waals surface area contributed by atoms with Crippen molar-refractivity contribution in [3.8, 4) is 0 Å². The second-order valence-electron chi connectivity index (χ2n) is 7.65. The van der Waals surface area contributed by atoms with Crippen LogP contribution in [0.25, 0.3) is 0 Å². The highest BCUT2D eigenvalue weighted by molar-refractivity contribution is 7.59. The van der Waals surface area contributed by atoms with Crippen LogP contribution < -0.4 is 0 Å². The molecular weight excluding hydrogens is 421 g/mol. The van der Waals surface area contributed by atoms with E-state index in [0.717, 1.165) is 51.7 Å². The molecule has 3 aliphatic heterocycles. The van der Waals surface area contributed by atoms with E-state index in [0.29, 0.717) is 26.4 Å². The highest BCUT2D eigenvalue weighted by atomic mass is 31.2. The summed E-state index contributed by atoms with van der Waals surface area (Å²) in [6.45, 7) is 14.6. The van der Waals surface area contributed by atoms with E-state index >= 15 is 0 Å². The van der Waals surface area contributed by atoms with E-state index in [4.69, 9.17) is 18.1 Å². The molecule has 0 atom stereocenters. The fraction of sp³-hybridized carbons (Fsp3) is 1.00. The highest BCUT2D eigenvalue weighted by Crippen LogP contribution is 2.58. The zero-order valence-corrected chi connectivity index (χ0v) is 21.7. The van der Waals surface area contributed by atoms with E-state index in [1.165, 1.54) is 0 Å². The number of hydrogen-bond donors (Lipinski definition) is 0. The van der Waals surface area contributed by atoms with Gasteiger partial charge in [0.05, 0.1) is 6.54 Å². The molecule has 0 aromatic rings. The van der Waals surface area contributed by atoms with Crippen molar-refractivity contribution in [2.45, 2.75) is 33.2 Å². The number of hydrogen-bond acceptors (Lipinski definition) is 5. The van der Waals surface area contributed by atoms with E-state index in [9.17, 15) is 0 Å². The molecule has 2 bridgehead atoms. The Kier molecular flexibility index (Phi) is 11.0. The largest absolute Gasteiger partial charge is 0.500 e. The lowest BCUT2D eigenvalue weighted by Crippen LogP contribution is -2.51. The molecule has 3 saturated heterocycles. The second kappa shape index (κ2) is 12.7. The van der Waals surface area contributed by atoms with Crippen LogP contribution in [0.1, 0.15) is 27.2 Å². The Morgan fingerprint density at radius 3 is 1.67 bits per heavy atom. The fourth-order valence-corrected chi connectivity index (χ4v) is 9.88. The van der Waals surface area contributed by atoms with Crippen LogP contribution in [0.5, 0.6) is 0 Å². The lowest BCUT2D eigenvalue weighted by Gasteiger charge is -2.49. The molecule has 0 saturated carbocycles. The van der Waals surface area contributed by atoms with Gasteiger partial charge in [-0.05, 0) is 53.6 Å². The van der Waals surface area contributed by atoms with Crippen LogP contribution in [0.15, 0.2) is 15.2 Å². The molecule has 176 valence electrons. The van der Waals surface area contributed by atoms with Gasteiger partial charge in [0.2, 0.25) is 0 Å². The first-order chi connectivity index (χ1) is 14.4. The number of likely N-dealkylation sites (N-methyl/N-ethyl adjacent to an activating group) is 3. The minimum atomic E-state index is -2.61. The molecule has 0 unspecified atom stereocenters. The summed E-state index contributed by atoms with van der Waals surface area (Å²) in [5.74, 6) is 0. The van der Waals surface area contributed by atoms with Gasteiger partial charge in [-0.2, -0.15) is 5.11 Å². The molecule has 0 spiro atoms. The molecule has 0 radical (unpaired) electrons. The van der Waals surface area contributed by atoms with Gasteiger partial charge < -0.3 is 13.3 Å². The van der Waals surface area contributed by atoms with Crippen molar-refractivity contribution < 1.29 is 13.3 Å². The molecule has 3 fully saturated rings. The molecule has 3 heterocycles. The quantitative estimate of drug-likeness (QED) is 0.153. The van der Waals surface area contributed by atoms with Gasteiger partial charge in [-0.1, -0.05) is 0 Å². The normalized spacial score (nSPS) is 27.3. The highest BCUT2D eigenvalue weighted by Gasteiger charge is 2.40. The van der Waals surface area contributed by atoms with Gasteiger partial charge in [-0.15, -0.1) is 4.85 Å². The first kappa shape index (κ1) is 26.0. The van der Waals surface area contributed by atoms with Crippen molar-refractivity contribution in [3.63, 3.8) is 0 Å². The van der Waals surface area contributed by atoms with E-state index < -0.39 is 16.3 Å². The van der Waals surface area contributed by atoms with E-state index in [-0.39, 0.29) is 0 Å². The summed E-state index contributed by atoms with van der Waals surface area (Å²) in [7, 11) is 1.86. The molecule has 0 aliphatic carbocycles. The van der Waals surface area contributed by atoms with Gasteiger partial charge >= 0.3 is 8.80 Å². The van der Waals surface area contributed by atoms with Crippen molar-refractivity contribution in [3.05, 3.63) is 0 Å². The van der Waals surface area contributed by atoms with Gasteiger partial charge in [0.25, 0.3) is 0 Å². The Morgan fingerprint density at radius 1 is 0.767 bits per heavy atom. The van der Waals surface area contributed by atoms with Crippen LogP contribution in [-0.2, 0) is 13.3 Å². The van der Waals surface area contributed by atoms with Crippen LogP contribution in [-0.4, -0.2) is 114 Å². The van der Waals surface area contributed by atoms with Crippen molar-refractivity contribution in [2.75, 3.05) is 86.8 Å². The first-order valence-corrected chi connectivity index (χ1v) is 14.7. The average molecular weight is 464 g/mol. The number of fused-ring (bicyclic) bond motifs is 6. The summed E-state index contributed by atoms with van der Waals surface area (Å²) < 4.78 is 24.9. The zero-order valence-electron chi connectivity index (χ0n) is 19.8.